The summed E-state index contributed by atoms with van der Waals surface area (Å²) in [6, 6.07) is 10.3. The minimum atomic E-state index is -0.831. The Morgan fingerprint density at radius 2 is 2.08 bits per heavy atom. The summed E-state index contributed by atoms with van der Waals surface area (Å²) in [4.78, 5) is 4.20. The van der Waals surface area contributed by atoms with E-state index >= 15 is 0 Å². The van der Waals surface area contributed by atoms with E-state index < -0.39 is 6.10 Å². The number of ether oxygens (including phenoxy) is 1. The third-order valence-corrected chi connectivity index (χ3v) is 3.67. The molecule has 0 saturated heterocycles. The number of aliphatic hydroxyl groups excluding tert-OH is 1. The normalized spacial score (nSPS) is 12.1. The number of hydrogen-bond acceptors (Lipinski definition) is 6. The molecule has 124 valence electrons. The molecular formula is C15H13Cl2N5O2. The van der Waals surface area contributed by atoms with Crippen LogP contribution in [0.25, 0.3) is 11.5 Å². The van der Waals surface area contributed by atoms with E-state index in [1.807, 2.05) is 6.07 Å². The molecule has 2 heterocycles. The van der Waals surface area contributed by atoms with Crippen molar-refractivity contribution in [2.24, 2.45) is 0 Å². The number of benzene rings is 1. The lowest BCUT2D eigenvalue weighted by Gasteiger charge is -2.13. The average molecular weight is 366 g/mol. The molecule has 3 rings (SSSR count). The maximum atomic E-state index is 10.2. The van der Waals surface area contributed by atoms with Crippen molar-refractivity contribution >= 4 is 23.2 Å². The minimum absolute atomic E-state index is 0.0306. The second kappa shape index (κ2) is 7.57. The Kier molecular flexibility index (Phi) is 5.24. The maximum Gasteiger partial charge on any atom is 0.200 e. The molecule has 1 N–H and O–H groups in total. The Morgan fingerprint density at radius 1 is 1.21 bits per heavy atom. The van der Waals surface area contributed by atoms with Crippen LogP contribution in [-0.4, -0.2) is 43.0 Å². The predicted octanol–water partition coefficient (Wildman–Crippen LogP) is 2.48. The molecule has 0 aliphatic carbocycles. The van der Waals surface area contributed by atoms with Crippen molar-refractivity contribution in [2.75, 3.05) is 6.61 Å². The van der Waals surface area contributed by atoms with E-state index in [1.165, 1.54) is 4.68 Å². The fourth-order valence-corrected chi connectivity index (χ4v) is 2.50. The van der Waals surface area contributed by atoms with Crippen LogP contribution in [0.3, 0.4) is 0 Å². The predicted molar refractivity (Wildman–Crippen MR) is 89.0 cm³/mol. The van der Waals surface area contributed by atoms with Crippen molar-refractivity contribution in [3.8, 4) is 17.3 Å². The molecule has 9 heteroatoms. The van der Waals surface area contributed by atoms with Crippen molar-refractivity contribution in [2.45, 2.75) is 12.6 Å². The van der Waals surface area contributed by atoms with Gasteiger partial charge >= 0.3 is 0 Å². The number of aromatic nitrogens is 5. The molecule has 0 amide bonds. The zero-order valence-electron chi connectivity index (χ0n) is 12.4. The first-order valence-electron chi connectivity index (χ1n) is 7.07. The topological polar surface area (TPSA) is 86.0 Å². The second-order valence-electron chi connectivity index (χ2n) is 4.94. The molecule has 3 aromatic rings. The molecule has 0 bridgehead atoms. The number of nitrogens with zero attached hydrogens (tertiary/aromatic N) is 5. The smallest absolute Gasteiger partial charge is 0.200 e. The molecular weight excluding hydrogens is 353 g/mol. The van der Waals surface area contributed by atoms with Gasteiger partial charge < -0.3 is 9.84 Å². The van der Waals surface area contributed by atoms with Crippen LogP contribution < -0.4 is 4.74 Å². The molecule has 7 nitrogen and oxygen atoms in total. The van der Waals surface area contributed by atoms with Crippen molar-refractivity contribution in [3.05, 3.63) is 52.6 Å². The maximum absolute atomic E-state index is 10.2. The van der Waals surface area contributed by atoms with Gasteiger partial charge in [0.1, 0.15) is 24.2 Å². The van der Waals surface area contributed by atoms with Crippen LogP contribution in [0.15, 0.2) is 42.6 Å². The first kappa shape index (κ1) is 16.6. The zero-order chi connectivity index (χ0) is 16.9. The van der Waals surface area contributed by atoms with Crippen LogP contribution in [0.1, 0.15) is 0 Å². The van der Waals surface area contributed by atoms with Crippen molar-refractivity contribution in [3.63, 3.8) is 0 Å². The van der Waals surface area contributed by atoms with Gasteiger partial charge in [0.25, 0.3) is 0 Å². The number of pyridine rings is 1. The lowest BCUT2D eigenvalue weighted by Crippen LogP contribution is -2.25. The molecule has 24 heavy (non-hydrogen) atoms. The van der Waals surface area contributed by atoms with E-state index in [4.69, 9.17) is 27.9 Å². The quantitative estimate of drug-likeness (QED) is 0.721. The molecule has 0 aliphatic heterocycles. The van der Waals surface area contributed by atoms with E-state index in [0.29, 0.717) is 27.3 Å². The molecule has 0 fully saturated rings. The van der Waals surface area contributed by atoms with Gasteiger partial charge in [-0.25, -0.2) is 4.68 Å². The summed E-state index contributed by atoms with van der Waals surface area (Å²) >= 11 is 11.9. The van der Waals surface area contributed by atoms with Gasteiger partial charge in [0.2, 0.25) is 5.82 Å². The van der Waals surface area contributed by atoms with Gasteiger partial charge in [0.05, 0.1) is 11.6 Å². The molecule has 0 radical (unpaired) electrons. The Morgan fingerprint density at radius 3 is 2.83 bits per heavy atom. The van der Waals surface area contributed by atoms with E-state index in [1.54, 1.807) is 36.5 Å². The van der Waals surface area contributed by atoms with Gasteiger partial charge in [-0.1, -0.05) is 29.3 Å². The van der Waals surface area contributed by atoms with Crippen LogP contribution in [0, 0.1) is 0 Å². The molecule has 0 aliphatic rings. The lowest BCUT2D eigenvalue weighted by atomic mass is 10.3. The summed E-state index contributed by atoms with van der Waals surface area (Å²) in [7, 11) is 0. The number of tetrazole rings is 1. The first-order chi connectivity index (χ1) is 11.6. The molecule has 1 aromatic carbocycles. The Hall–Kier alpha value is -2.22. The fraction of sp³-hybridized carbons (Fsp3) is 0.200. The van der Waals surface area contributed by atoms with E-state index in [-0.39, 0.29) is 13.2 Å². The van der Waals surface area contributed by atoms with E-state index in [9.17, 15) is 5.11 Å². The van der Waals surface area contributed by atoms with Crippen LogP contribution in [0.5, 0.6) is 5.75 Å². The molecule has 0 saturated carbocycles. The summed E-state index contributed by atoms with van der Waals surface area (Å²) in [6.45, 7) is 0.187. The Labute approximate surface area is 147 Å². The molecule has 2 aromatic heterocycles. The van der Waals surface area contributed by atoms with Crippen LogP contribution in [0.2, 0.25) is 10.0 Å². The highest BCUT2D eigenvalue weighted by Crippen LogP contribution is 2.27. The van der Waals surface area contributed by atoms with Gasteiger partial charge in [0, 0.05) is 11.2 Å². The van der Waals surface area contributed by atoms with Gasteiger partial charge in [-0.3, -0.25) is 4.98 Å². The van der Waals surface area contributed by atoms with Crippen molar-refractivity contribution in [1.29, 1.82) is 0 Å². The van der Waals surface area contributed by atoms with Crippen LogP contribution in [-0.2, 0) is 6.54 Å². The zero-order valence-corrected chi connectivity index (χ0v) is 13.9. The highest BCUT2D eigenvalue weighted by molar-refractivity contribution is 6.35. The summed E-state index contributed by atoms with van der Waals surface area (Å²) in [5.41, 5.74) is 0.622. The molecule has 0 spiro atoms. The highest BCUT2D eigenvalue weighted by atomic mass is 35.5. The van der Waals surface area contributed by atoms with Crippen LogP contribution in [0.4, 0.5) is 0 Å². The Bertz CT molecular complexity index is 813. The number of hydrogen-bond donors (Lipinski definition) is 1. The monoisotopic (exact) mass is 365 g/mol. The summed E-state index contributed by atoms with van der Waals surface area (Å²) in [5.74, 6) is 0.918. The van der Waals surface area contributed by atoms with Gasteiger partial charge in [-0.15, -0.1) is 5.10 Å². The summed E-state index contributed by atoms with van der Waals surface area (Å²) < 4.78 is 6.98. The van der Waals surface area contributed by atoms with Gasteiger partial charge in [-0.2, -0.15) is 0 Å². The third kappa shape index (κ3) is 4.00. The standard InChI is InChI=1S/C15H13Cl2N5O2/c16-10-4-5-14(12(17)7-10)24-9-11(23)8-22-15(19-20-21-22)13-3-1-2-6-18-13/h1-7,11,23H,8-9H2. The average Bonchev–Trinajstić information content (AvgIpc) is 3.03. The second-order valence-corrected chi connectivity index (χ2v) is 5.78. The Balaban J connectivity index is 1.64. The number of halogens is 2. The minimum Gasteiger partial charge on any atom is -0.489 e. The highest BCUT2D eigenvalue weighted by Gasteiger charge is 2.15. The largest absolute Gasteiger partial charge is 0.489 e. The summed E-state index contributed by atoms with van der Waals surface area (Å²) in [6.07, 6.45) is 0.818. The van der Waals surface area contributed by atoms with E-state index in [0.717, 1.165) is 0 Å². The SMILES string of the molecule is OC(COc1ccc(Cl)cc1Cl)Cn1nnnc1-c1ccccn1. The summed E-state index contributed by atoms with van der Waals surface area (Å²) in [5, 5.41) is 22.5. The van der Waals surface area contributed by atoms with E-state index in [2.05, 4.69) is 20.5 Å². The lowest BCUT2D eigenvalue weighted by molar-refractivity contribution is 0.0893. The first-order valence-corrected chi connectivity index (χ1v) is 7.82. The number of rotatable bonds is 6. The van der Waals surface area contributed by atoms with Gasteiger partial charge in [-0.05, 0) is 40.8 Å². The number of aliphatic hydroxyl groups is 1. The van der Waals surface area contributed by atoms with Crippen molar-refractivity contribution < 1.29 is 9.84 Å². The molecule has 1 atom stereocenters. The fourth-order valence-electron chi connectivity index (χ4n) is 2.04. The third-order valence-electron chi connectivity index (χ3n) is 3.13. The van der Waals surface area contributed by atoms with Crippen LogP contribution >= 0.6 is 23.2 Å². The molecule has 1 unspecified atom stereocenters. The van der Waals surface area contributed by atoms with Crippen molar-refractivity contribution in [1.82, 2.24) is 25.2 Å². The van der Waals surface area contributed by atoms with Gasteiger partial charge in [0.15, 0.2) is 0 Å².